The molecular formula is C12H14ClFN2S. The summed E-state index contributed by atoms with van der Waals surface area (Å²) in [7, 11) is 0. The molecule has 0 fully saturated rings. The van der Waals surface area contributed by atoms with Crippen LogP contribution in [0.5, 0.6) is 0 Å². The van der Waals surface area contributed by atoms with Gasteiger partial charge in [-0.2, -0.15) is 0 Å². The van der Waals surface area contributed by atoms with Gasteiger partial charge in [0.25, 0.3) is 0 Å². The third kappa shape index (κ3) is 3.13. The number of benzene rings is 1. The minimum Gasteiger partial charge on any atom is -0.335 e. The molecule has 1 atom stereocenters. The monoisotopic (exact) mass is 272 g/mol. The topological polar surface area (TPSA) is 24.4 Å². The largest absolute Gasteiger partial charge is 0.335 e. The summed E-state index contributed by atoms with van der Waals surface area (Å²) in [6.07, 6.45) is 0. The number of nitrogens with zero attached hydrogens (tertiary/aromatic N) is 1. The van der Waals surface area contributed by atoms with Crippen LogP contribution in [0.4, 0.5) is 10.1 Å². The van der Waals surface area contributed by atoms with Gasteiger partial charge in [0, 0.05) is 10.9 Å². The van der Waals surface area contributed by atoms with E-state index in [1.54, 1.807) is 23.9 Å². The molecule has 0 bridgehead atoms. The highest BCUT2D eigenvalue weighted by molar-refractivity contribution is 8.15. The van der Waals surface area contributed by atoms with Crippen LogP contribution in [0.3, 0.4) is 0 Å². The van der Waals surface area contributed by atoms with Gasteiger partial charge in [0.1, 0.15) is 5.82 Å². The fourth-order valence-electron chi connectivity index (χ4n) is 1.50. The molecule has 1 heterocycles. The van der Waals surface area contributed by atoms with Gasteiger partial charge < -0.3 is 5.32 Å². The summed E-state index contributed by atoms with van der Waals surface area (Å²) in [5.74, 6) is 0.193. The van der Waals surface area contributed by atoms with Crippen molar-refractivity contribution in [3.63, 3.8) is 0 Å². The maximum Gasteiger partial charge on any atom is 0.161 e. The molecule has 1 aromatic rings. The number of thioether (sulfide) groups is 1. The second-order valence-corrected chi connectivity index (χ2v) is 5.94. The summed E-state index contributed by atoms with van der Waals surface area (Å²) in [5.41, 5.74) is 0.770. The lowest BCUT2D eigenvalue weighted by atomic mass is 10.1. The predicted molar refractivity (Wildman–Crippen MR) is 73.6 cm³/mol. The fourth-order valence-corrected chi connectivity index (χ4v) is 2.72. The van der Waals surface area contributed by atoms with Crippen molar-refractivity contribution in [2.24, 2.45) is 10.9 Å². The maximum atomic E-state index is 13.0. The number of halogens is 2. The first kappa shape index (κ1) is 12.7. The Bertz CT molecular complexity index is 448. The third-order valence-corrected chi connectivity index (χ3v) is 4.33. The van der Waals surface area contributed by atoms with Crippen molar-refractivity contribution in [2.75, 3.05) is 11.9 Å². The molecule has 1 unspecified atom stereocenters. The van der Waals surface area contributed by atoms with Crippen LogP contribution in [0, 0.1) is 11.7 Å². The van der Waals surface area contributed by atoms with E-state index in [-0.39, 0.29) is 5.02 Å². The maximum absolute atomic E-state index is 13.0. The van der Waals surface area contributed by atoms with Gasteiger partial charge in [0.05, 0.1) is 11.6 Å². The molecule has 0 aliphatic carbocycles. The summed E-state index contributed by atoms with van der Waals surface area (Å²) in [6, 6.07) is 4.58. The van der Waals surface area contributed by atoms with Gasteiger partial charge >= 0.3 is 0 Å². The first-order chi connectivity index (χ1) is 8.06. The molecule has 17 heavy (non-hydrogen) atoms. The fraction of sp³-hybridized carbons (Fsp3) is 0.417. The Hall–Kier alpha value is -0.740. The lowest BCUT2D eigenvalue weighted by Crippen LogP contribution is -2.13. The van der Waals surface area contributed by atoms with Crippen LogP contribution < -0.4 is 5.32 Å². The van der Waals surface area contributed by atoms with Gasteiger partial charge in [-0.15, -0.1) is 0 Å². The van der Waals surface area contributed by atoms with Crippen LogP contribution in [0.1, 0.15) is 13.8 Å². The molecule has 0 aromatic heterocycles. The zero-order chi connectivity index (χ0) is 12.4. The van der Waals surface area contributed by atoms with E-state index in [9.17, 15) is 4.39 Å². The van der Waals surface area contributed by atoms with Crippen LogP contribution in [-0.2, 0) is 0 Å². The van der Waals surface area contributed by atoms with E-state index in [2.05, 4.69) is 24.2 Å². The molecule has 92 valence electrons. The third-order valence-electron chi connectivity index (χ3n) is 2.59. The van der Waals surface area contributed by atoms with E-state index in [1.165, 1.54) is 6.07 Å². The number of amidine groups is 1. The van der Waals surface area contributed by atoms with Crippen molar-refractivity contribution in [2.45, 2.75) is 19.1 Å². The molecule has 1 aromatic carbocycles. The van der Waals surface area contributed by atoms with Crippen molar-refractivity contribution in [3.05, 3.63) is 29.0 Å². The number of rotatable bonds is 2. The number of hydrogen-bond donors (Lipinski definition) is 1. The molecule has 2 nitrogen and oxygen atoms in total. The average Bonchev–Trinajstić information content (AvgIpc) is 2.72. The molecule has 0 amide bonds. The lowest BCUT2D eigenvalue weighted by Gasteiger charge is -2.12. The summed E-state index contributed by atoms with van der Waals surface area (Å²) in [4.78, 5) is 4.42. The smallest absolute Gasteiger partial charge is 0.161 e. The van der Waals surface area contributed by atoms with Crippen molar-refractivity contribution in [1.82, 2.24) is 0 Å². The molecule has 2 rings (SSSR count). The van der Waals surface area contributed by atoms with Crippen LogP contribution in [0.2, 0.25) is 5.02 Å². The van der Waals surface area contributed by atoms with E-state index in [0.29, 0.717) is 11.2 Å². The number of hydrogen-bond acceptors (Lipinski definition) is 3. The van der Waals surface area contributed by atoms with Crippen molar-refractivity contribution in [1.29, 1.82) is 0 Å². The normalized spacial score (nSPS) is 19.6. The molecule has 0 spiro atoms. The van der Waals surface area contributed by atoms with E-state index in [4.69, 9.17) is 11.6 Å². The molecule has 1 N–H and O–H groups in total. The van der Waals surface area contributed by atoms with Crippen LogP contribution in [0.25, 0.3) is 0 Å². The Kier molecular flexibility index (Phi) is 3.94. The highest BCUT2D eigenvalue weighted by atomic mass is 35.5. The van der Waals surface area contributed by atoms with Crippen LogP contribution in [0.15, 0.2) is 23.2 Å². The zero-order valence-corrected chi connectivity index (χ0v) is 11.3. The van der Waals surface area contributed by atoms with E-state index < -0.39 is 5.82 Å². The lowest BCUT2D eigenvalue weighted by molar-refractivity contribution is 0.621. The Labute approximate surface area is 110 Å². The van der Waals surface area contributed by atoms with Gasteiger partial charge in [-0.05, 0) is 24.1 Å². The van der Waals surface area contributed by atoms with Crippen LogP contribution >= 0.6 is 23.4 Å². The summed E-state index contributed by atoms with van der Waals surface area (Å²) < 4.78 is 13.0. The number of anilines is 1. The molecule has 5 heteroatoms. The number of nitrogens with one attached hydrogen (secondary N) is 1. The molecule has 0 saturated heterocycles. The molecule has 1 aliphatic heterocycles. The quantitative estimate of drug-likeness (QED) is 0.879. The highest BCUT2D eigenvalue weighted by Gasteiger charge is 2.22. The molecule has 1 aliphatic rings. The minimum atomic E-state index is -0.404. The molecule has 0 radical (unpaired) electrons. The van der Waals surface area contributed by atoms with Gasteiger partial charge in [0.15, 0.2) is 5.17 Å². The van der Waals surface area contributed by atoms with Crippen molar-refractivity contribution >= 4 is 34.2 Å². The van der Waals surface area contributed by atoms with Crippen molar-refractivity contribution in [3.8, 4) is 0 Å². The Morgan fingerprint density at radius 2 is 2.29 bits per heavy atom. The van der Waals surface area contributed by atoms with Gasteiger partial charge in [-0.25, -0.2) is 4.39 Å². The molecular weight excluding hydrogens is 259 g/mol. The minimum absolute atomic E-state index is 0.124. The standard InChI is InChI=1S/C12H14ClFN2S/c1-7(2)11-6-15-12(17-11)16-8-3-4-10(14)9(13)5-8/h3-5,7,11H,6H2,1-2H3,(H,15,16). The first-order valence-electron chi connectivity index (χ1n) is 5.49. The Balaban J connectivity index is 2.00. The Morgan fingerprint density at radius 1 is 1.53 bits per heavy atom. The summed E-state index contributed by atoms with van der Waals surface area (Å²) >= 11 is 7.44. The van der Waals surface area contributed by atoms with E-state index >= 15 is 0 Å². The van der Waals surface area contributed by atoms with E-state index in [0.717, 1.165) is 17.4 Å². The second kappa shape index (κ2) is 5.27. The summed E-state index contributed by atoms with van der Waals surface area (Å²) in [6.45, 7) is 5.20. The summed E-state index contributed by atoms with van der Waals surface area (Å²) in [5, 5.41) is 4.68. The average molecular weight is 273 g/mol. The number of aliphatic imine (C=N–C) groups is 1. The van der Waals surface area contributed by atoms with Crippen molar-refractivity contribution < 1.29 is 4.39 Å². The Morgan fingerprint density at radius 3 is 2.88 bits per heavy atom. The highest BCUT2D eigenvalue weighted by Crippen LogP contribution is 2.28. The zero-order valence-electron chi connectivity index (χ0n) is 9.71. The van der Waals surface area contributed by atoms with Crippen LogP contribution in [-0.4, -0.2) is 17.0 Å². The SMILES string of the molecule is CC(C)C1CN=C(Nc2ccc(F)c(Cl)c2)S1. The van der Waals surface area contributed by atoms with Gasteiger partial charge in [-0.3, -0.25) is 4.99 Å². The van der Waals surface area contributed by atoms with E-state index in [1.807, 2.05) is 0 Å². The molecule has 0 saturated carbocycles. The van der Waals surface area contributed by atoms with Gasteiger partial charge in [0.2, 0.25) is 0 Å². The second-order valence-electron chi connectivity index (χ2n) is 4.30. The predicted octanol–water partition coefficient (Wildman–Crippen LogP) is 4.02. The first-order valence-corrected chi connectivity index (χ1v) is 6.75. The van der Waals surface area contributed by atoms with Gasteiger partial charge in [-0.1, -0.05) is 37.2 Å².